The summed E-state index contributed by atoms with van der Waals surface area (Å²) in [5.74, 6) is 1.32. The van der Waals surface area contributed by atoms with E-state index in [-0.39, 0.29) is 11.7 Å². The number of benzene rings is 3. The Morgan fingerprint density at radius 1 is 1.00 bits per heavy atom. The summed E-state index contributed by atoms with van der Waals surface area (Å²) < 4.78 is 24.5. The topological polar surface area (TPSA) is 88.4 Å². The van der Waals surface area contributed by atoms with Gasteiger partial charge in [-0.1, -0.05) is 59.9 Å². The molecule has 0 amide bonds. The molecule has 4 aromatic rings. The molecule has 0 saturated heterocycles. The average Bonchev–Trinajstić information content (AvgIpc) is 3.29. The number of fused-ring (bicyclic) bond motifs is 1. The van der Waals surface area contributed by atoms with E-state index in [1.807, 2.05) is 60.7 Å². The Kier molecular flexibility index (Phi) is 8.59. The molecule has 216 valence electrons. The number of esters is 1. The fourth-order valence-electron chi connectivity index (χ4n) is 4.74. The number of rotatable bonds is 9. The van der Waals surface area contributed by atoms with E-state index in [0.29, 0.717) is 44.5 Å². The van der Waals surface area contributed by atoms with Gasteiger partial charge in [-0.25, -0.2) is 9.79 Å². The quantitative estimate of drug-likeness (QED) is 0.263. The van der Waals surface area contributed by atoms with Crippen LogP contribution in [0, 0.1) is 0 Å². The second-order valence-electron chi connectivity index (χ2n) is 9.99. The summed E-state index contributed by atoms with van der Waals surface area (Å²) in [5, 5.41) is 0. The highest BCUT2D eigenvalue weighted by molar-refractivity contribution is 7.07. The standard InChI is InChI=1S/C33H32N2O6S/c1-20(2)41-32(37)29-21(3)34-33-35(30(29)24-12-14-25(38-4)15-13-24)31(36)28(42-33)18-23-11-16-26(27(17-23)39-5)40-19-22-9-7-6-8-10-22/h6-18,20,30H,19H2,1-5H3/b28-18+. The van der Waals surface area contributed by atoms with E-state index >= 15 is 0 Å². The van der Waals surface area contributed by atoms with Crippen molar-refractivity contribution in [3.8, 4) is 17.2 Å². The first-order chi connectivity index (χ1) is 20.3. The van der Waals surface area contributed by atoms with Crippen LogP contribution in [-0.2, 0) is 16.1 Å². The van der Waals surface area contributed by atoms with Gasteiger partial charge in [0.15, 0.2) is 16.3 Å². The lowest BCUT2D eigenvalue weighted by Gasteiger charge is -2.25. The molecule has 0 radical (unpaired) electrons. The molecule has 0 N–H and O–H groups in total. The minimum Gasteiger partial charge on any atom is -0.497 e. The molecule has 0 bridgehead atoms. The van der Waals surface area contributed by atoms with Crippen molar-refractivity contribution in [3.05, 3.63) is 120 Å². The summed E-state index contributed by atoms with van der Waals surface area (Å²) in [6.45, 7) is 5.75. The molecule has 0 saturated carbocycles. The fourth-order valence-corrected chi connectivity index (χ4v) is 5.79. The number of ether oxygens (including phenoxy) is 4. The minimum absolute atomic E-state index is 0.259. The Hall–Kier alpha value is -4.63. The third-order valence-corrected chi connectivity index (χ3v) is 7.72. The van der Waals surface area contributed by atoms with Crippen molar-refractivity contribution >= 4 is 23.4 Å². The van der Waals surface area contributed by atoms with E-state index in [4.69, 9.17) is 18.9 Å². The molecule has 1 aliphatic heterocycles. The molecular weight excluding hydrogens is 552 g/mol. The van der Waals surface area contributed by atoms with Crippen LogP contribution >= 0.6 is 11.3 Å². The molecule has 2 heterocycles. The molecule has 3 aromatic carbocycles. The Labute approximate surface area is 247 Å². The van der Waals surface area contributed by atoms with E-state index in [1.54, 1.807) is 57.8 Å². The molecule has 1 atom stereocenters. The van der Waals surface area contributed by atoms with Gasteiger partial charge in [0.25, 0.3) is 5.56 Å². The van der Waals surface area contributed by atoms with Gasteiger partial charge < -0.3 is 18.9 Å². The normalized spacial score (nSPS) is 14.8. The SMILES string of the molecule is COc1ccc(C2C(C(=O)OC(C)C)=C(C)N=c3s/c(=C/c4ccc(OCc5ccccc5)c(OC)c4)c(=O)n32)cc1. The molecule has 0 aliphatic carbocycles. The van der Waals surface area contributed by atoms with Crippen LogP contribution < -0.4 is 29.1 Å². The molecule has 9 heteroatoms. The molecule has 5 rings (SSSR count). The first kappa shape index (κ1) is 28.9. The Morgan fingerprint density at radius 2 is 1.74 bits per heavy atom. The zero-order valence-electron chi connectivity index (χ0n) is 24.1. The number of aromatic nitrogens is 1. The van der Waals surface area contributed by atoms with Gasteiger partial charge in [-0.05, 0) is 67.8 Å². The summed E-state index contributed by atoms with van der Waals surface area (Å²) >= 11 is 1.26. The van der Waals surface area contributed by atoms with Crippen molar-refractivity contribution in [1.82, 2.24) is 4.57 Å². The molecular formula is C33H32N2O6S. The molecule has 1 aliphatic rings. The Morgan fingerprint density at radius 3 is 2.40 bits per heavy atom. The lowest BCUT2D eigenvalue weighted by molar-refractivity contribution is -0.143. The molecule has 0 spiro atoms. The predicted molar refractivity (Wildman–Crippen MR) is 162 cm³/mol. The van der Waals surface area contributed by atoms with Crippen LogP contribution in [0.15, 0.2) is 93.9 Å². The highest BCUT2D eigenvalue weighted by Crippen LogP contribution is 2.32. The third kappa shape index (κ3) is 6.01. The Bertz CT molecular complexity index is 1800. The number of nitrogens with zero attached hydrogens (tertiary/aromatic N) is 2. The maximum absolute atomic E-state index is 13.9. The first-order valence-electron chi connectivity index (χ1n) is 13.5. The third-order valence-electron chi connectivity index (χ3n) is 6.74. The fraction of sp³-hybridized carbons (Fsp3) is 0.242. The van der Waals surface area contributed by atoms with Gasteiger partial charge in [-0.2, -0.15) is 0 Å². The van der Waals surface area contributed by atoms with Crippen LogP contribution in [0.1, 0.15) is 43.5 Å². The van der Waals surface area contributed by atoms with Crippen molar-refractivity contribution < 1.29 is 23.7 Å². The number of hydrogen-bond donors (Lipinski definition) is 0. The predicted octanol–water partition coefficient (Wildman–Crippen LogP) is 4.78. The van der Waals surface area contributed by atoms with Crippen LogP contribution in [0.5, 0.6) is 17.2 Å². The van der Waals surface area contributed by atoms with Crippen molar-refractivity contribution in [3.63, 3.8) is 0 Å². The van der Waals surface area contributed by atoms with Gasteiger partial charge in [0, 0.05) is 0 Å². The minimum atomic E-state index is -0.705. The summed E-state index contributed by atoms with van der Waals surface area (Å²) in [7, 11) is 3.17. The molecule has 1 unspecified atom stereocenters. The van der Waals surface area contributed by atoms with Crippen LogP contribution in [0.4, 0.5) is 0 Å². The summed E-state index contributed by atoms with van der Waals surface area (Å²) in [5.41, 5.74) is 3.13. The van der Waals surface area contributed by atoms with Gasteiger partial charge in [0.1, 0.15) is 12.4 Å². The Balaban J connectivity index is 1.55. The zero-order chi connectivity index (χ0) is 29.8. The molecule has 0 fully saturated rings. The van der Waals surface area contributed by atoms with E-state index in [0.717, 1.165) is 16.7 Å². The van der Waals surface area contributed by atoms with Crippen LogP contribution in [-0.4, -0.2) is 30.9 Å². The smallest absolute Gasteiger partial charge is 0.338 e. The maximum atomic E-state index is 13.9. The summed E-state index contributed by atoms with van der Waals surface area (Å²) in [6, 6.07) is 22.0. The first-order valence-corrected chi connectivity index (χ1v) is 14.3. The number of hydrogen-bond acceptors (Lipinski definition) is 8. The monoisotopic (exact) mass is 584 g/mol. The van der Waals surface area contributed by atoms with Crippen LogP contribution in [0.3, 0.4) is 0 Å². The van der Waals surface area contributed by atoms with E-state index in [9.17, 15) is 9.59 Å². The van der Waals surface area contributed by atoms with Gasteiger partial charge in [-0.3, -0.25) is 9.36 Å². The van der Waals surface area contributed by atoms with Crippen molar-refractivity contribution in [2.24, 2.45) is 4.99 Å². The zero-order valence-corrected chi connectivity index (χ0v) is 24.9. The lowest BCUT2D eigenvalue weighted by atomic mass is 9.96. The average molecular weight is 585 g/mol. The number of allylic oxidation sites excluding steroid dienone is 1. The number of thiazole rings is 1. The summed E-state index contributed by atoms with van der Waals surface area (Å²) in [6.07, 6.45) is 1.47. The number of carbonyl (C=O) groups excluding carboxylic acids is 1. The number of carbonyl (C=O) groups is 1. The highest BCUT2D eigenvalue weighted by atomic mass is 32.1. The second-order valence-corrected chi connectivity index (χ2v) is 11.0. The lowest BCUT2D eigenvalue weighted by Crippen LogP contribution is -2.40. The highest BCUT2D eigenvalue weighted by Gasteiger charge is 2.33. The van der Waals surface area contributed by atoms with Gasteiger partial charge in [-0.15, -0.1) is 0 Å². The van der Waals surface area contributed by atoms with E-state index in [1.165, 1.54) is 11.3 Å². The van der Waals surface area contributed by atoms with Crippen molar-refractivity contribution in [1.29, 1.82) is 0 Å². The van der Waals surface area contributed by atoms with Gasteiger partial charge >= 0.3 is 5.97 Å². The van der Waals surface area contributed by atoms with Crippen molar-refractivity contribution in [2.45, 2.75) is 39.5 Å². The van der Waals surface area contributed by atoms with Crippen LogP contribution in [0.2, 0.25) is 0 Å². The van der Waals surface area contributed by atoms with Crippen molar-refractivity contribution in [2.75, 3.05) is 14.2 Å². The van der Waals surface area contributed by atoms with E-state index in [2.05, 4.69) is 4.99 Å². The molecule has 42 heavy (non-hydrogen) atoms. The largest absolute Gasteiger partial charge is 0.497 e. The number of methoxy groups -OCH3 is 2. The van der Waals surface area contributed by atoms with E-state index < -0.39 is 12.0 Å². The maximum Gasteiger partial charge on any atom is 0.338 e. The molecule has 1 aromatic heterocycles. The van der Waals surface area contributed by atoms with Gasteiger partial charge in [0.05, 0.1) is 42.2 Å². The molecule has 8 nitrogen and oxygen atoms in total. The van der Waals surface area contributed by atoms with Gasteiger partial charge in [0.2, 0.25) is 0 Å². The summed E-state index contributed by atoms with van der Waals surface area (Å²) in [4.78, 5) is 32.4. The second kappa shape index (κ2) is 12.5. The van der Waals surface area contributed by atoms with Crippen LogP contribution in [0.25, 0.3) is 6.08 Å².